The Morgan fingerprint density at radius 2 is 2.17 bits per heavy atom. The number of nitrogens with zero attached hydrogens (tertiary/aromatic N) is 1. The third kappa shape index (κ3) is 2.56. The second-order valence-corrected chi connectivity index (χ2v) is 3.76. The van der Waals surface area contributed by atoms with Gasteiger partial charge in [0.1, 0.15) is 5.88 Å². The number of fused-ring (bicyclic) bond motifs is 1. The third-order valence-corrected chi connectivity index (χ3v) is 2.40. The fraction of sp³-hybridized carbons (Fsp3) is 0.200. The highest BCUT2D eigenvalue weighted by Crippen LogP contribution is 2.29. The number of carbonyl (C=O) groups is 1. The normalized spacial score (nSPS) is 11.8. The monoisotopic (exact) mass is 277 g/mol. The summed E-state index contributed by atoms with van der Waals surface area (Å²) < 4.78 is 37.2. The van der Waals surface area contributed by atoms with Crippen molar-refractivity contribution in [1.82, 2.24) is 9.97 Å². The van der Waals surface area contributed by atoms with E-state index < -0.39 is 17.9 Å². The number of hydrogen-bond donors (Lipinski definition) is 2. The third-order valence-electron chi connectivity index (χ3n) is 2.16. The predicted octanol–water partition coefficient (Wildman–Crippen LogP) is 2.76. The summed E-state index contributed by atoms with van der Waals surface area (Å²) in [6, 6.07) is 4.20. The Morgan fingerprint density at radius 1 is 1.44 bits per heavy atom. The highest BCUT2D eigenvalue weighted by Gasteiger charge is 2.34. The molecule has 0 aliphatic rings. The Labute approximate surface area is 104 Å². The molecule has 96 valence electrons. The lowest BCUT2D eigenvalue weighted by molar-refractivity contribution is -0.144. The molecule has 0 aliphatic carbocycles. The number of anilines is 1. The molecule has 1 aromatic carbocycles. The van der Waals surface area contributed by atoms with Crippen molar-refractivity contribution >= 4 is 34.2 Å². The summed E-state index contributed by atoms with van der Waals surface area (Å²) in [7, 11) is 0. The lowest BCUT2D eigenvalue weighted by atomic mass is 10.3. The number of imidazole rings is 1. The fourth-order valence-corrected chi connectivity index (χ4v) is 1.48. The number of benzene rings is 1. The second-order valence-electron chi connectivity index (χ2n) is 3.50. The van der Waals surface area contributed by atoms with Gasteiger partial charge >= 0.3 is 6.18 Å². The minimum absolute atomic E-state index is 0.172. The first-order valence-electron chi connectivity index (χ1n) is 4.83. The summed E-state index contributed by atoms with van der Waals surface area (Å²) in [5.74, 6) is -1.74. The van der Waals surface area contributed by atoms with E-state index in [1.54, 1.807) is 0 Å². The van der Waals surface area contributed by atoms with E-state index in [-0.39, 0.29) is 16.9 Å². The highest BCUT2D eigenvalue weighted by molar-refractivity contribution is 6.29. The van der Waals surface area contributed by atoms with E-state index in [9.17, 15) is 18.0 Å². The fourth-order valence-electron chi connectivity index (χ4n) is 1.42. The molecular formula is C10H7ClF3N3O. The van der Waals surface area contributed by atoms with Crippen LogP contribution in [0.15, 0.2) is 18.2 Å². The Balaban J connectivity index is 2.37. The second kappa shape index (κ2) is 4.49. The molecule has 1 amide bonds. The van der Waals surface area contributed by atoms with Crippen LogP contribution in [0.1, 0.15) is 5.82 Å². The van der Waals surface area contributed by atoms with Crippen LogP contribution in [0.25, 0.3) is 11.0 Å². The average Bonchev–Trinajstić information content (AvgIpc) is 2.71. The Morgan fingerprint density at radius 3 is 2.78 bits per heavy atom. The number of amides is 1. The van der Waals surface area contributed by atoms with Gasteiger partial charge in [-0.05, 0) is 18.2 Å². The molecule has 0 saturated heterocycles. The van der Waals surface area contributed by atoms with Crippen LogP contribution in [-0.2, 0) is 11.0 Å². The number of rotatable bonds is 2. The molecule has 0 radical (unpaired) electrons. The van der Waals surface area contributed by atoms with E-state index in [0.717, 1.165) is 0 Å². The van der Waals surface area contributed by atoms with E-state index in [1.807, 2.05) is 0 Å². The van der Waals surface area contributed by atoms with Crippen molar-refractivity contribution in [2.75, 3.05) is 11.2 Å². The summed E-state index contributed by atoms with van der Waals surface area (Å²) in [6.45, 7) is 0. The molecule has 18 heavy (non-hydrogen) atoms. The number of nitrogens with one attached hydrogen (secondary N) is 2. The van der Waals surface area contributed by atoms with Crippen molar-refractivity contribution in [1.29, 1.82) is 0 Å². The van der Waals surface area contributed by atoms with Crippen LogP contribution in [0.4, 0.5) is 18.9 Å². The number of aromatic nitrogens is 2. The van der Waals surface area contributed by atoms with Gasteiger partial charge in [-0.3, -0.25) is 4.79 Å². The maximum absolute atomic E-state index is 12.4. The minimum atomic E-state index is -4.53. The first kappa shape index (κ1) is 12.7. The van der Waals surface area contributed by atoms with Gasteiger partial charge in [-0.2, -0.15) is 13.2 Å². The van der Waals surface area contributed by atoms with Crippen LogP contribution in [0.3, 0.4) is 0 Å². The standard InChI is InChI=1S/C10H7ClF3N3O/c11-4-8(18)15-5-1-2-6-7(3-5)17-9(16-6)10(12,13)14/h1-3H,4H2,(H,15,18)(H,16,17). The van der Waals surface area contributed by atoms with Crippen LogP contribution >= 0.6 is 11.6 Å². The number of H-pyrrole nitrogens is 1. The van der Waals surface area contributed by atoms with Crippen molar-refractivity contribution in [3.8, 4) is 0 Å². The molecule has 8 heteroatoms. The van der Waals surface area contributed by atoms with E-state index in [0.29, 0.717) is 5.69 Å². The van der Waals surface area contributed by atoms with E-state index in [1.165, 1.54) is 18.2 Å². The SMILES string of the molecule is O=C(CCl)Nc1ccc2nc(C(F)(F)F)[nH]c2c1. The number of halogens is 4. The van der Waals surface area contributed by atoms with Crippen LogP contribution in [0.2, 0.25) is 0 Å². The number of aromatic amines is 1. The summed E-state index contributed by atoms with van der Waals surface area (Å²) in [5.41, 5.74) is 0.714. The van der Waals surface area contributed by atoms with E-state index >= 15 is 0 Å². The largest absolute Gasteiger partial charge is 0.449 e. The van der Waals surface area contributed by atoms with Crippen LogP contribution in [-0.4, -0.2) is 21.8 Å². The molecule has 0 unspecified atom stereocenters. The van der Waals surface area contributed by atoms with Crippen LogP contribution in [0.5, 0.6) is 0 Å². The summed E-state index contributed by atoms with van der Waals surface area (Å²) in [6.07, 6.45) is -4.53. The predicted molar refractivity (Wildman–Crippen MR) is 60.4 cm³/mol. The zero-order valence-corrected chi connectivity index (χ0v) is 9.56. The lowest BCUT2D eigenvalue weighted by Gasteiger charge is -2.01. The van der Waals surface area contributed by atoms with Crippen LogP contribution < -0.4 is 5.32 Å². The van der Waals surface area contributed by atoms with Crippen molar-refractivity contribution < 1.29 is 18.0 Å². The molecule has 0 spiro atoms. The lowest BCUT2D eigenvalue weighted by Crippen LogP contribution is -2.12. The molecule has 1 aromatic heterocycles. The molecule has 0 aliphatic heterocycles. The average molecular weight is 278 g/mol. The van der Waals surface area contributed by atoms with E-state index in [2.05, 4.69) is 15.3 Å². The zero-order valence-electron chi connectivity index (χ0n) is 8.81. The first-order chi connectivity index (χ1) is 8.40. The van der Waals surface area contributed by atoms with E-state index in [4.69, 9.17) is 11.6 Å². The maximum Gasteiger partial charge on any atom is 0.449 e. The maximum atomic E-state index is 12.4. The smallest absolute Gasteiger partial charge is 0.334 e. The number of carbonyl (C=O) groups excluding carboxylic acids is 1. The molecule has 1 heterocycles. The van der Waals surface area contributed by atoms with Crippen molar-refractivity contribution in [3.63, 3.8) is 0 Å². The van der Waals surface area contributed by atoms with Gasteiger partial charge in [0.2, 0.25) is 11.7 Å². The minimum Gasteiger partial charge on any atom is -0.334 e. The van der Waals surface area contributed by atoms with Gasteiger partial charge in [-0.1, -0.05) is 0 Å². The van der Waals surface area contributed by atoms with Gasteiger partial charge in [-0.15, -0.1) is 11.6 Å². The zero-order chi connectivity index (χ0) is 13.3. The number of hydrogen-bond acceptors (Lipinski definition) is 2. The Bertz CT molecular complexity index is 594. The van der Waals surface area contributed by atoms with Gasteiger partial charge in [0.05, 0.1) is 11.0 Å². The van der Waals surface area contributed by atoms with Crippen molar-refractivity contribution in [2.24, 2.45) is 0 Å². The summed E-state index contributed by atoms with van der Waals surface area (Å²) >= 11 is 5.30. The molecule has 0 atom stereocenters. The molecule has 2 rings (SSSR count). The van der Waals surface area contributed by atoms with Gasteiger partial charge in [0.15, 0.2) is 0 Å². The van der Waals surface area contributed by atoms with Gasteiger partial charge in [-0.25, -0.2) is 4.98 Å². The number of alkyl halides is 4. The molecule has 2 aromatic rings. The molecule has 0 saturated carbocycles. The van der Waals surface area contributed by atoms with Crippen molar-refractivity contribution in [3.05, 3.63) is 24.0 Å². The quantitative estimate of drug-likeness (QED) is 0.829. The Hall–Kier alpha value is -1.76. The van der Waals surface area contributed by atoms with Gasteiger partial charge in [0, 0.05) is 5.69 Å². The Kier molecular flexibility index (Phi) is 3.16. The summed E-state index contributed by atoms with van der Waals surface area (Å²) in [5, 5.41) is 2.43. The molecule has 4 nitrogen and oxygen atoms in total. The molecular weight excluding hydrogens is 271 g/mol. The van der Waals surface area contributed by atoms with Crippen molar-refractivity contribution in [2.45, 2.75) is 6.18 Å². The van der Waals surface area contributed by atoms with Gasteiger partial charge < -0.3 is 10.3 Å². The summed E-state index contributed by atoms with van der Waals surface area (Å²) in [4.78, 5) is 16.6. The molecule has 0 fully saturated rings. The molecule has 2 N–H and O–H groups in total. The topological polar surface area (TPSA) is 57.8 Å². The first-order valence-corrected chi connectivity index (χ1v) is 5.36. The van der Waals surface area contributed by atoms with Crippen LogP contribution in [0, 0.1) is 0 Å². The highest BCUT2D eigenvalue weighted by atomic mass is 35.5. The van der Waals surface area contributed by atoms with Gasteiger partial charge in [0.25, 0.3) is 0 Å². The molecule has 0 bridgehead atoms.